The van der Waals surface area contributed by atoms with Crippen molar-refractivity contribution < 1.29 is 55.1 Å². The van der Waals surface area contributed by atoms with Crippen molar-refractivity contribution in [2.75, 3.05) is 19.8 Å². The maximum absolute atomic E-state index is 11.3. The van der Waals surface area contributed by atoms with Gasteiger partial charge in [0.05, 0.1) is 13.2 Å². The Bertz CT molecular complexity index is 376. The molecule has 0 aromatic heterocycles. The minimum absolute atomic E-state index is 0.726. The molecule has 8 N–H and O–H groups in total. The highest BCUT2D eigenvalue weighted by Crippen LogP contribution is 2.24. The molecule has 0 aliphatic carbocycles. The molecule has 1 rings (SSSR count). The SMILES string of the molecule is O=C(CO)[C@@H](O)[C@@H](O[C@@H]1O[C@@H](CO)[C@@H](O)[C@H](O)[C@@H]1O)[C@H](O)CO. The second kappa shape index (κ2) is 8.94. The fraction of sp³-hybridized carbons (Fsp3) is 0.917. The van der Waals surface area contributed by atoms with E-state index in [-0.39, 0.29) is 0 Å². The molecular formula is C12H22O11. The molecule has 8 atom stereocenters. The Labute approximate surface area is 130 Å². The van der Waals surface area contributed by atoms with Crippen LogP contribution < -0.4 is 0 Å². The van der Waals surface area contributed by atoms with E-state index >= 15 is 0 Å². The lowest BCUT2D eigenvalue weighted by Crippen LogP contribution is -2.61. The van der Waals surface area contributed by atoms with Crippen LogP contribution in [0.2, 0.25) is 0 Å². The van der Waals surface area contributed by atoms with Crippen LogP contribution in [0.1, 0.15) is 0 Å². The lowest BCUT2D eigenvalue weighted by atomic mass is 9.98. The fourth-order valence-corrected chi connectivity index (χ4v) is 2.09. The zero-order chi connectivity index (χ0) is 17.7. The van der Waals surface area contributed by atoms with Crippen LogP contribution >= 0.6 is 0 Å². The average molecular weight is 342 g/mol. The highest BCUT2D eigenvalue weighted by Gasteiger charge is 2.46. The van der Waals surface area contributed by atoms with Crippen LogP contribution in [0, 0.1) is 0 Å². The predicted octanol–water partition coefficient (Wildman–Crippen LogP) is -5.55. The maximum Gasteiger partial charge on any atom is 0.189 e. The summed E-state index contributed by atoms with van der Waals surface area (Å²) in [5, 5.41) is 75.1. The molecule has 0 saturated carbocycles. The summed E-state index contributed by atoms with van der Waals surface area (Å²) in [7, 11) is 0. The summed E-state index contributed by atoms with van der Waals surface area (Å²) in [6.07, 6.45) is -13.8. The molecule has 0 radical (unpaired) electrons. The molecule has 11 heteroatoms. The first-order chi connectivity index (χ1) is 10.8. The van der Waals surface area contributed by atoms with E-state index in [4.69, 9.17) is 24.8 Å². The Morgan fingerprint density at radius 2 is 1.65 bits per heavy atom. The normalized spacial score (nSPS) is 35.6. The number of hydrogen-bond acceptors (Lipinski definition) is 11. The van der Waals surface area contributed by atoms with E-state index in [1.807, 2.05) is 0 Å². The van der Waals surface area contributed by atoms with Gasteiger partial charge in [0.25, 0.3) is 0 Å². The third-order valence-electron chi connectivity index (χ3n) is 3.50. The van der Waals surface area contributed by atoms with Crippen LogP contribution in [-0.4, -0.2) is 115 Å². The number of hydrogen-bond donors (Lipinski definition) is 8. The largest absolute Gasteiger partial charge is 0.394 e. The van der Waals surface area contributed by atoms with Gasteiger partial charge in [0.1, 0.15) is 49.3 Å². The van der Waals surface area contributed by atoms with Gasteiger partial charge in [-0.05, 0) is 0 Å². The minimum Gasteiger partial charge on any atom is -0.394 e. The maximum atomic E-state index is 11.3. The molecule has 0 spiro atoms. The minimum atomic E-state index is -2.05. The molecule has 1 fully saturated rings. The molecule has 23 heavy (non-hydrogen) atoms. The zero-order valence-corrected chi connectivity index (χ0v) is 12.0. The van der Waals surface area contributed by atoms with Crippen molar-refractivity contribution in [2.45, 2.75) is 49.0 Å². The Hall–Kier alpha value is -0.730. The molecule has 0 bridgehead atoms. The van der Waals surface area contributed by atoms with Crippen molar-refractivity contribution in [1.29, 1.82) is 0 Å². The van der Waals surface area contributed by atoms with Gasteiger partial charge >= 0.3 is 0 Å². The third-order valence-corrected chi connectivity index (χ3v) is 3.50. The van der Waals surface area contributed by atoms with Crippen LogP contribution in [0.3, 0.4) is 0 Å². The van der Waals surface area contributed by atoms with Crippen LogP contribution in [0.15, 0.2) is 0 Å². The highest BCUT2D eigenvalue weighted by molar-refractivity contribution is 5.84. The molecule has 0 aromatic carbocycles. The number of rotatable bonds is 8. The van der Waals surface area contributed by atoms with E-state index in [1.54, 1.807) is 0 Å². The van der Waals surface area contributed by atoms with E-state index in [9.17, 15) is 30.3 Å². The Kier molecular flexibility index (Phi) is 7.89. The predicted molar refractivity (Wildman–Crippen MR) is 69.8 cm³/mol. The van der Waals surface area contributed by atoms with Gasteiger partial charge in [-0.1, -0.05) is 0 Å². The molecule has 11 nitrogen and oxygen atoms in total. The molecule has 0 unspecified atom stereocenters. The second-order valence-corrected chi connectivity index (χ2v) is 5.12. The summed E-state index contributed by atoms with van der Waals surface area (Å²) in [4.78, 5) is 11.3. The number of carbonyl (C=O) groups is 1. The molecular weight excluding hydrogens is 320 g/mol. The molecule has 1 aliphatic rings. The number of ether oxygens (including phenoxy) is 2. The van der Waals surface area contributed by atoms with Crippen molar-refractivity contribution >= 4 is 5.78 Å². The van der Waals surface area contributed by atoms with Crippen LogP contribution in [0.5, 0.6) is 0 Å². The van der Waals surface area contributed by atoms with Crippen molar-refractivity contribution in [3.63, 3.8) is 0 Å². The first-order valence-corrected chi connectivity index (χ1v) is 6.85. The summed E-state index contributed by atoms with van der Waals surface area (Å²) < 4.78 is 10.1. The van der Waals surface area contributed by atoms with E-state index in [1.165, 1.54) is 0 Å². The summed E-state index contributed by atoms with van der Waals surface area (Å²) >= 11 is 0. The fourth-order valence-electron chi connectivity index (χ4n) is 2.09. The molecule has 136 valence electrons. The number of ketones is 1. The first-order valence-electron chi connectivity index (χ1n) is 6.85. The summed E-state index contributed by atoms with van der Waals surface area (Å²) in [5.41, 5.74) is 0. The lowest BCUT2D eigenvalue weighted by Gasteiger charge is -2.41. The van der Waals surface area contributed by atoms with Crippen molar-refractivity contribution in [1.82, 2.24) is 0 Å². The van der Waals surface area contributed by atoms with Gasteiger partial charge in [-0.15, -0.1) is 0 Å². The number of aliphatic hydroxyl groups excluding tert-OH is 8. The highest BCUT2D eigenvalue weighted by atomic mass is 16.7. The molecule has 1 saturated heterocycles. The molecule has 1 heterocycles. The first kappa shape index (κ1) is 20.3. The molecule has 0 amide bonds. The topological polar surface area (TPSA) is 197 Å². The summed E-state index contributed by atoms with van der Waals surface area (Å²) in [6.45, 7) is -2.71. The smallest absolute Gasteiger partial charge is 0.189 e. The number of aliphatic hydroxyl groups is 8. The van der Waals surface area contributed by atoms with Gasteiger partial charge in [0.15, 0.2) is 12.1 Å². The quantitative estimate of drug-likeness (QED) is 0.209. The zero-order valence-electron chi connectivity index (χ0n) is 12.0. The van der Waals surface area contributed by atoms with Crippen LogP contribution in [-0.2, 0) is 14.3 Å². The third kappa shape index (κ3) is 4.64. The summed E-state index contributed by atoms with van der Waals surface area (Å²) in [5.74, 6) is -1.12. The Balaban J connectivity index is 2.91. The van der Waals surface area contributed by atoms with Gasteiger partial charge in [0.2, 0.25) is 0 Å². The van der Waals surface area contributed by atoms with Gasteiger partial charge in [-0.3, -0.25) is 4.79 Å². The van der Waals surface area contributed by atoms with Crippen molar-refractivity contribution in [3.8, 4) is 0 Å². The standard InChI is InChI=1S/C12H22O11/c13-1-4(16)7(18)11(5(17)2-14)23-12-10(21)9(20)8(19)6(3-15)22-12/h5-15,17-21H,1-3H2/t5-,6+,7-,8-,9+,10+,11+,12+/m1/s1. The Morgan fingerprint density at radius 3 is 2.13 bits per heavy atom. The van der Waals surface area contributed by atoms with E-state index in [0.717, 1.165) is 0 Å². The average Bonchev–Trinajstić information content (AvgIpc) is 2.57. The number of carbonyl (C=O) groups excluding carboxylic acids is 1. The van der Waals surface area contributed by atoms with Crippen molar-refractivity contribution in [3.05, 3.63) is 0 Å². The van der Waals surface area contributed by atoms with Gasteiger partial charge in [0, 0.05) is 0 Å². The van der Waals surface area contributed by atoms with E-state index < -0.39 is 74.6 Å². The second-order valence-electron chi connectivity index (χ2n) is 5.12. The van der Waals surface area contributed by atoms with Crippen LogP contribution in [0.25, 0.3) is 0 Å². The van der Waals surface area contributed by atoms with E-state index in [2.05, 4.69) is 0 Å². The lowest BCUT2D eigenvalue weighted by molar-refractivity contribution is -0.323. The van der Waals surface area contributed by atoms with Gasteiger partial charge in [-0.2, -0.15) is 0 Å². The Morgan fingerprint density at radius 1 is 1.04 bits per heavy atom. The molecule has 0 aromatic rings. The van der Waals surface area contributed by atoms with Gasteiger partial charge in [-0.25, -0.2) is 0 Å². The summed E-state index contributed by atoms with van der Waals surface area (Å²) in [6, 6.07) is 0. The molecule has 1 aliphatic heterocycles. The van der Waals surface area contributed by atoms with Crippen LogP contribution in [0.4, 0.5) is 0 Å². The van der Waals surface area contributed by atoms with E-state index in [0.29, 0.717) is 0 Å². The monoisotopic (exact) mass is 342 g/mol. The van der Waals surface area contributed by atoms with Crippen molar-refractivity contribution in [2.24, 2.45) is 0 Å². The number of Topliss-reactive ketones (excluding diaryl/α,β-unsaturated/α-hetero) is 1. The van der Waals surface area contributed by atoms with Gasteiger partial charge < -0.3 is 50.3 Å².